The number of hydrogen-bond donors (Lipinski definition) is 2. The van der Waals surface area contributed by atoms with Gasteiger partial charge in [-0.25, -0.2) is 0 Å². The topological polar surface area (TPSA) is 59.1 Å². The van der Waals surface area contributed by atoms with Gasteiger partial charge < -0.3 is 10.8 Å². The molecule has 0 bridgehead atoms. The van der Waals surface area contributed by atoms with Crippen LogP contribution < -0.4 is 5.73 Å². The van der Waals surface area contributed by atoms with E-state index in [0.29, 0.717) is 12.5 Å². The molecule has 0 unspecified atom stereocenters. The van der Waals surface area contributed by atoms with Crippen LogP contribution >= 0.6 is 0 Å². The van der Waals surface area contributed by atoms with Crippen molar-refractivity contribution in [1.29, 1.82) is 0 Å². The summed E-state index contributed by atoms with van der Waals surface area (Å²) in [6.45, 7) is 0.691. The number of nitrogens with two attached hydrogens (primary N) is 1. The molecule has 3 heteroatoms. The van der Waals surface area contributed by atoms with Crippen LogP contribution in [0.4, 0.5) is 0 Å². The number of aliphatic hydroxyl groups is 1. The van der Waals surface area contributed by atoms with Gasteiger partial charge in [-0.15, -0.1) is 0 Å². The van der Waals surface area contributed by atoms with Gasteiger partial charge in [0, 0.05) is 12.4 Å². The second kappa shape index (κ2) is 7.02. The molecule has 100 valence electrons. The molecule has 1 atom stereocenters. The molecule has 0 fully saturated rings. The highest BCUT2D eigenvalue weighted by Gasteiger charge is 2.09. The van der Waals surface area contributed by atoms with Crippen LogP contribution in [-0.2, 0) is 13.0 Å². The van der Waals surface area contributed by atoms with Crippen LogP contribution in [0.2, 0.25) is 0 Å². The van der Waals surface area contributed by atoms with E-state index in [2.05, 4.69) is 17.1 Å². The van der Waals surface area contributed by atoms with Crippen molar-refractivity contribution in [2.75, 3.05) is 6.54 Å². The van der Waals surface area contributed by atoms with E-state index in [1.165, 1.54) is 5.56 Å². The van der Waals surface area contributed by atoms with E-state index in [0.717, 1.165) is 24.0 Å². The minimum Gasteiger partial charge on any atom is -0.392 e. The molecular weight excluding hydrogens is 236 g/mol. The first-order valence-electron chi connectivity index (χ1n) is 6.62. The van der Waals surface area contributed by atoms with Gasteiger partial charge in [0.2, 0.25) is 0 Å². The Morgan fingerprint density at radius 1 is 1.11 bits per heavy atom. The summed E-state index contributed by atoms with van der Waals surface area (Å²) >= 11 is 0. The van der Waals surface area contributed by atoms with Crippen LogP contribution in [0.25, 0.3) is 0 Å². The van der Waals surface area contributed by atoms with Gasteiger partial charge in [-0.2, -0.15) is 0 Å². The van der Waals surface area contributed by atoms with E-state index in [1.807, 2.05) is 30.5 Å². The van der Waals surface area contributed by atoms with E-state index < -0.39 is 0 Å². The van der Waals surface area contributed by atoms with E-state index in [1.54, 1.807) is 6.20 Å². The second-order valence-corrected chi connectivity index (χ2v) is 4.74. The Morgan fingerprint density at radius 3 is 2.53 bits per heavy atom. The predicted molar refractivity (Wildman–Crippen MR) is 76.7 cm³/mol. The first-order valence-corrected chi connectivity index (χ1v) is 6.62. The summed E-state index contributed by atoms with van der Waals surface area (Å²) in [6.07, 6.45) is 5.48. The molecule has 1 heterocycles. The molecular formula is C16H20N2O. The molecule has 1 aromatic heterocycles. The first kappa shape index (κ1) is 13.7. The molecule has 3 N–H and O–H groups in total. The van der Waals surface area contributed by atoms with E-state index in [-0.39, 0.29) is 6.61 Å². The molecule has 0 amide bonds. The Hall–Kier alpha value is -1.71. The van der Waals surface area contributed by atoms with E-state index in [4.69, 9.17) is 10.8 Å². The number of aryl methyl sites for hydroxylation is 1. The quantitative estimate of drug-likeness (QED) is 0.833. The maximum Gasteiger partial charge on any atom is 0.0696 e. The molecule has 0 radical (unpaired) electrons. The van der Waals surface area contributed by atoms with Crippen LogP contribution in [0.5, 0.6) is 0 Å². The average Bonchev–Trinajstić information content (AvgIpc) is 2.49. The maximum atomic E-state index is 9.10. The molecule has 0 spiro atoms. The highest BCUT2D eigenvalue weighted by atomic mass is 16.3. The molecule has 3 nitrogen and oxygen atoms in total. The Labute approximate surface area is 114 Å². The number of aromatic nitrogens is 1. The van der Waals surface area contributed by atoms with E-state index in [9.17, 15) is 0 Å². The van der Waals surface area contributed by atoms with Crippen molar-refractivity contribution in [3.63, 3.8) is 0 Å². The van der Waals surface area contributed by atoms with Crippen LogP contribution in [0.3, 0.4) is 0 Å². The minimum atomic E-state index is 0.0415. The van der Waals surface area contributed by atoms with Gasteiger partial charge in [-0.05, 0) is 42.0 Å². The lowest BCUT2D eigenvalue weighted by Crippen LogP contribution is -2.13. The summed E-state index contributed by atoms with van der Waals surface area (Å²) in [6, 6.07) is 12.4. The third kappa shape index (κ3) is 3.88. The Kier molecular flexibility index (Phi) is 5.07. The fourth-order valence-electron chi connectivity index (χ4n) is 2.25. The third-order valence-corrected chi connectivity index (χ3v) is 3.37. The predicted octanol–water partition coefficient (Wildman–Crippen LogP) is 2.25. The molecule has 1 aromatic carbocycles. The normalized spacial score (nSPS) is 12.3. The van der Waals surface area contributed by atoms with Gasteiger partial charge in [0.15, 0.2) is 0 Å². The van der Waals surface area contributed by atoms with Gasteiger partial charge >= 0.3 is 0 Å². The van der Waals surface area contributed by atoms with Crippen LogP contribution in [0.1, 0.15) is 29.0 Å². The number of nitrogens with zero attached hydrogens (tertiary/aromatic N) is 1. The van der Waals surface area contributed by atoms with Crippen molar-refractivity contribution in [3.8, 4) is 0 Å². The summed E-state index contributed by atoms with van der Waals surface area (Å²) in [5.41, 5.74) is 9.17. The summed E-state index contributed by atoms with van der Waals surface area (Å²) in [5.74, 6) is 0.374. The second-order valence-electron chi connectivity index (χ2n) is 4.74. The summed E-state index contributed by atoms with van der Waals surface area (Å²) in [7, 11) is 0. The lowest BCUT2D eigenvalue weighted by Gasteiger charge is -2.15. The highest BCUT2D eigenvalue weighted by molar-refractivity contribution is 5.22. The number of benzene rings is 1. The molecule has 2 rings (SSSR count). The lowest BCUT2D eigenvalue weighted by molar-refractivity contribution is 0.281. The standard InChI is InChI=1S/C16H20N2O/c17-9-16(15-4-2-1-3-5-15)7-6-13-8-14(12-19)11-18-10-13/h1-5,8,10-11,16,19H,6-7,9,12,17H2/t16-/m1/s1. The van der Waals surface area contributed by atoms with Gasteiger partial charge in [0.1, 0.15) is 0 Å². The van der Waals surface area contributed by atoms with Crippen LogP contribution in [0.15, 0.2) is 48.8 Å². The fourth-order valence-corrected chi connectivity index (χ4v) is 2.25. The summed E-state index contributed by atoms with van der Waals surface area (Å²) in [5, 5.41) is 9.10. The fraction of sp³-hybridized carbons (Fsp3) is 0.312. The van der Waals surface area contributed by atoms with Crippen molar-refractivity contribution in [3.05, 3.63) is 65.5 Å². The molecule has 0 aliphatic rings. The zero-order valence-electron chi connectivity index (χ0n) is 11.0. The van der Waals surface area contributed by atoms with Crippen molar-refractivity contribution < 1.29 is 5.11 Å². The Morgan fingerprint density at radius 2 is 1.84 bits per heavy atom. The van der Waals surface area contributed by atoms with E-state index >= 15 is 0 Å². The van der Waals surface area contributed by atoms with Crippen molar-refractivity contribution >= 4 is 0 Å². The number of pyridine rings is 1. The number of aliphatic hydroxyl groups excluding tert-OH is 1. The SMILES string of the molecule is NC[C@@H](CCc1cncc(CO)c1)c1ccccc1. The van der Waals surface area contributed by atoms with Gasteiger partial charge in [-0.1, -0.05) is 36.4 Å². The average molecular weight is 256 g/mol. The third-order valence-electron chi connectivity index (χ3n) is 3.37. The van der Waals surface area contributed by atoms with Gasteiger partial charge in [0.05, 0.1) is 6.61 Å². The lowest BCUT2D eigenvalue weighted by atomic mass is 9.92. The zero-order valence-corrected chi connectivity index (χ0v) is 11.0. The number of hydrogen-bond acceptors (Lipinski definition) is 3. The highest BCUT2D eigenvalue weighted by Crippen LogP contribution is 2.20. The van der Waals surface area contributed by atoms with Gasteiger partial charge in [0.25, 0.3) is 0 Å². The Bertz CT molecular complexity index is 499. The molecule has 19 heavy (non-hydrogen) atoms. The smallest absolute Gasteiger partial charge is 0.0696 e. The molecule has 2 aromatic rings. The summed E-state index contributed by atoms with van der Waals surface area (Å²) < 4.78 is 0. The molecule has 0 saturated heterocycles. The largest absolute Gasteiger partial charge is 0.392 e. The Balaban J connectivity index is 2.00. The van der Waals surface area contributed by atoms with Crippen LogP contribution in [-0.4, -0.2) is 16.6 Å². The monoisotopic (exact) mass is 256 g/mol. The molecule has 0 aliphatic heterocycles. The molecule has 0 aliphatic carbocycles. The first-order chi connectivity index (χ1) is 9.33. The summed E-state index contributed by atoms with van der Waals surface area (Å²) in [4.78, 5) is 4.14. The van der Waals surface area contributed by atoms with Crippen LogP contribution in [0, 0.1) is 0 Å². The zero-order chi connectivity index (χ0) is 13.5. The maximum absolute atomic E-state index is 9.10. The van der Waals surface area contributed by atoms with Crippen molar-refractivity contribution in [1.82, 2.24) is 4.98 Å². The minimum absolute atomic E-state index is 0.0415. The van der Waals surface area contributed by atoms with Crippen molar-refractivity contribution in [2.45, 2.75) is 25.4 Å². The van der Waals surface area contributed by atoms with Crippen molar-refractivity contribution in [2.24, 2.45) is 5.73 Å². The van der Waals surface area contributed by atoms with Gasteiger partial charge in [-0.3, -0.25) is 4.98 Å². The molecule has 0 saturated carbocycles. The number of rotatable bonds is 6.